The van der Waals surface area contributed by atoms with Crippen molar-refractivity contribution in [3.8, 4) is 17.0 Å². The van der Waals surface area contributed by atoms with Gasteiger partial charge in [-0.1, -0.05) is 0 Å². The Bertz CT molecular complexity index is 1540. The SMILES string of the molecule is Cc1cc(-c2cc(C(=O)Nc3ncccc3OCc3ccncc3)c3cnn(C(C)C)c3n2)c(C)s1. The molecule has 0 bridgehead atoms. The highest BCUT2D eigenvalue weighted by atomic mass is 32.1. The van der Waals surface area contributed by atoms with Crippen LogP contribution in [0.3, 0.4) is 0 Å². The lowest BCUT2D eigenvalue weighted by atomic mass is 10.1. The summed E-state index contributed by atoms with van der Waals surface area (Å²) in [5.74, 6) is 0.529. The lowest BCUT2D eigenvalue weighted by Crippen LogP contribution is -2.15. The Morgan fingerprint density at radius 3 is 2.67 bits per heavy atom. The maximum atomic E-state index is 13.6. The van der Waals surface area contributed by atoms with Gasteiger partial charge in [0.15, 0.2) is 17.2 Å². The van der Waals surface area contributed by atoms with E-state index in [1.165, 1.54) is 4.88 Å². The van der Waals surface area contributed by atoms with Crippen molar-refractivity contribution in [3.05, 3.63) is 82.1 Å². The first-order valence-electron chi connectivity index (χ1n) is 11.6. The number of ether oxygens (including phenoxy) is 1. The van der Waals surface area contributed by atoms with Crippen LogP contribution in [-0.2, 0) is 6.61 Å². The number of hydrogen-bond acceptors (Lipinski definition) is 7. The molecule has 1 amide bonds. The Kier molecular flexibility index (Phi) is 6.47. The predicted octanol–water partition coefficient (Wildman–Crippen LogP) is 5.98. The van der Waals surface area contributed by atoms with Crippen LogP contribution in [0.2, 0.25) is 0 Å². The van der Waals surface area contributed by atoms with Crippen molar-refractivity contribution >= 4 is 34.1 Å². The second-order valence-electron chi connectivity index (χ2n) is 8.75. The fourth-order valence-electron chi connectivity index (χ4n) is 4.02. The van der Waals surface area contributed by atoms with E-state index in [-0.39, 0.29) is 11.9 Å². The van der Waals surface area contributed by atoms with E-state index < -0.39 is 0 Å². The summed E-state index contributed by atoms with van der Waals surface area (Å²) in [5, 5.41) is 8.15. The fraction of sp³-hybridized carbons (Fsp3) is 0.222. The molecular formula is C27H26N6O2S. The van der Waals surface area contributed by atoms with E-state index in [4.69, 9.17) is 9.72 Å². The van der Waals surface area contributed by atoms with Crippen molar-refractivity contribution in [3.63, 3.8) is 0 Å². The normalized spacial score (nSPS) is 11.2. The summed E-state index contributed by atoms with van der Waals surface area (Å²) in [6.07, 6.45) is 6.75. The van der Waals surface area contributed by atoms with E-state index in [2.05, 4.69) is 40.3 Å². The van der Waals surface area contributed by atoms with E-state index in [9.17, 15) is 4.79 Å². The highest BCUT2D eigenvalue weighted by Gasteiger charge is 2.21. The van der Waals surface area contributed by atoms with E-state index in [0.717, 1.165) is 21.7 Å². The number of fused-ring (bicyclic) bond motifs is 1. The number of pyridine rings is 3. The van der Waals surface area contributed by atoms with Crippen LogP contribution < -0.4 is 10.1 Å². The van der Waals surface area contributed by atoms with Gasteiger partial charge in [-0.25, -0.2) is 14.6 Å². The summed E-state index contributed by atoms with van der Waals surface area (Å²) >= 11 is 1.71. The maximum absolute atomic E-state index is 13.6. The van der Waals surface area contributed by atoms with Crippen LogP contribution >= 0.6 is 11.3 Å². The molecule has 0 radical (unpaired) electrons. The molecule has 5 heterocycles. The molecule has 0 aliphatic carbocycles. The second-order valence-corrected chi connectivity index (χ2v) is 10.2. The molecule has 0 saturated carbocycles. The molecular weight excluding hydrogens is 472 g/mol. The molecule has 0 spiro atoms. The molecule has 5 rings (SSSR count). The van der Waals surface area contributed by atoms with Gasteiger partial charge in [-0.15, -0.1) is 11.3 Å². The van der Waals surface area contributed by atoms with Gasteiger partial charge in [-0.2, -0.15) is 5.10 Å². The minimum atomic E-state index is -0.302. The van der Waals surface area contributed by atoms with Gasteiger partial charge in [0.2, 0.25) is 0 Å². The molecule has 0 unspecified atom stereocenters. The Balaban J connectivity index is 1.52. The van der Waals surface area contributed by atoms with Crippen molar-refractivity contribution in [1.29, 1.82) is 0 Å². The van der Waals surface area contributed by atoms with Gasteiger partial charge >= 0.3 is 0 Å². The molecule has 0 aliphatic heterocycles. The summed E-state index contributed by atoms with van der Waals surface area (Å²) in [6, 6.07) is 11.3. The maximum Gasteiger partial charge on any atom is 0.257 e. The van der Waals surface area contributed by atoms with Crippen molar-refractivity contribution in [1.82, 2.24) is 24.7 Å². The number of carbonyl (C=O) groups is 1. The van der Waals surface area contributed by atoms with Gasteiger partial charge in [0.05, 0.1) is 22.8 Å². The quantitative estimate of drug-likeness (QED) is 0.297. The number of nitrogens with one attached hydrogen (secondary N) is 1. The van der Waals surface area contributed by atoms with E-state index in [1.54, 1.807) is 48.3 Å². The number of amides is 1. The molecule has 5 aromatic rings. The molecule has 0 saturated heterocycles. The zero-order chi connectivity index (χ0) is 25.2. The molecule has 0 aliphatic rings. The van der Waals surface area contributed by atoms with Crippen LogP contribution in [0.4, 0.5) is 5.82 Å². The molecule has 8 nitrogen and oxygen atoms in total. The number of hydrogen-bond donors (Lipinski definition) is 1. The van der Waals surface area contributed by atoms with Crippen LogP contribution in [0.5, 0.6) is 5.75 Å². The molecule has 0 aromatic carbocycles. The molecule has 182 valence electrons. The number of thiophene rings is 1. The van der Waals surface area contributed by atoms with E-state index in [0.29, 0.717) is 34.8 Å². The molecule has 1 N–H and O–H groups in total. The highest BCUT2D eigenvalue weighted by Crippen LogP contribution is 2.33. The van der Waals surface area contributed by atoms with Crippen LogP contribution in [-0.4, -0.2) is 30.6 Å². The Hall–Kier alpha value is -4.11. The van der Waals surface area contributed by atoms with Gasteiger partial charge < -0.3 is 10.1 Å². The summed E-state index contributed by atoms with van der Waals surface area (Å²) < 4.78 is 7.80. The largest absolute Gasteiger partial charge is 0.485 e. The average molecular weight is 499 g/mol. The van der Waals surface area contributed by atoms with Crippen LogP contribution in [0.25, 0.3) is 22.3 Å². The van der Waals surface area contributed by atoms with Gasteiger partial charge in [0.25, 0.3) is 5.91 Å². The number of rotatable bonds is 7. The third-order valence-corrected chi connectivity index (χ3v) is 6.73. The number of anilines is 1. The van der Waals surface area contributed by atoms with Crippen molar-refractivity contribution in [2.45, 2.75) is 40.3 Å². The zero-order valence-corrected chi connectivity index (χ0v) is 21.3. The lowest BCUT2D eigenvalue weighted by molar-refractivity contribution is 0.102. The number of carbonyl (C=O) groups excluding carboxylic acids is 1. The molecule has 0 fully saturated rings. The number of aromatic nitrogens is 5. The molecule has 36 heavy (non-hydrogen) atoms. The third kappa shape index (κ3) is 4.70. The standard InChI is InChI=1S/C27H26N6O2S/c1-16(2)33-26-22(14-30-33)21(13-23(31-26)20-12-17(3)36-18(20)4)27(34)32-25-24(6-5-9-29-25)35-15-19-7-10-28-11-8-19/h5-14,16H,15H2,1-4H3,(H,29,32,34). The van der Waals surface area contributed by atoms with Gasteiger partial charge in [0.1, 0.15) is 6.61 Å². The smallest absolute Gasteiger partial charge is 0.257 e. The first kappa shape index (κ1) is 23.6. The Morgan fingerprint density at radius 2 is 1.94 bits per heavy atom. The van der Waals surface area contributed by atoms with Crippen molar-refractivity contribution < 1.29 is 9.53 Å². The minimum absolute atomic E-state index is 0.0930. The Labute approximate surface area is 213 Å². The predicted molar refractivity (Wildman–Crippen MR) is 141 cm³/mol. The number of nitrogens with zero attached hydrogens (tertiary/aromatic N) is 5. The van der Waals surface area contributed by atoms with Crippen LogP contribution in [0, 0.1) is 13.8 Å². The lowest BCUT2D eigenvalue weighted by Gasteiger charge is -2.13. The summed E-state index contributed by atoms with van der Waals surface area (Å²) in [4.78, 5) is 29.3. The van der Waals surface area contributed by atoms with Crippen LogP contribution in [0.1, 0.15) is 45.6 Å². The van der Waals surface area contributed by atoms with E-state index >= 15 is 0 Å². The fourth-order valence-corrected chi connectivity index (χ4v) is 4.96. The monoisotopic (exact) mass is 498 g/mol. The van der Waals surface area contributed by atoms with E-state index in [1.807, 2.05) is 36.7 Å². The molecule has 9 heteroatoms. The first-order chi connectivity index (χ1) is 17.4. The van der Waals surface area contributed by atoms with Gasteiger partial charge in [0, 0.05) is 40.0 Å². The van der Waals surface area contributed by atoms with Crippen molar-refractivity contribution in [2.75, 3.05) is 5.32 Å². The summed E-state index contributed by atoms with van der Waals surface area (Å²) in [5.41, 5.74) is 3.88. The van der Waals surface area contributed by atoms with Gasteiger partial charge in [-0.05, 0) is 69.7 Å². The highest BCUT2D eigenvalue weighted by molar-refractivity contribution is 7.12. The average Bonchev–Trinajstić information content (AvgIpc) is 3.45. The summed E-state index contributed by atoms with van der Waals surface area (Å²) in [6.45, 7) is 8.55. The summed E-state index contributed by atoms with van der Waals surface area (Å²) in [7, 11) is 0. The third-order valence-electron chi connectivity index (χ3n) is 5.76. The first-order valence-corrected chi connectivity index (χ1v) is 12.5. The number of aryl methyl sites for hydroxylation is 2. The minimum Gasteiger partial charge on any atom is -0.485 e. The Morgan fingerprint density at radius 1 is 1.14 bits per heavy atom. The zero-order valence-electron chi connectivity index (χ0n) is 20.5. The second kappa shape index (κ2) is 9.87. The topological polar surface area (TPSA) is 94.8 Å². The van der Waals surface area contributed by atoms with Crippen LogP contribution in [0.15, 0.2) is 61.2 Å². The molecule has 0 atom stereocenters. The van der Waals surface area contributed by atoms with Crippen molar-refractivity contribution in [2.24, 2.45) is 0 Å². The van der Waals surface area contributed by atoms with Gasteiger partial charge in [-0.3, -0.25) is 9.78 Å². The molecule has 5 aromatic heterocycles.